The Labute approximate surface area is 147 Å². The third-order valence-electron chi connectivity index (χ3n) is 4.42. The first kappa shape index (κ1) is 14.2. The van der Waals surface area contributed by atoms with E-state index in [1.54, 1.807) is 24.7 Å². The summed E-state index contributed by atoms with van der Waals surface area (Å²) in [5, 5.41) is 4.32. The highest BCUT2D eigenvalue weighted by atomic mass is 35.5. The van der Waals surface area contributed by atoms with Crippen molar-refractivity contribution in [1.82, 2.24) is 19.7 Å². The van der Waals surface area contributed by atoms with Gasteiger partial charge in [-0.1, -0.05) is 29.8 Å². The normalized spacial score (nSPS) is 16.8. The van der Waals surface area contributed by atoms with Gasteiger partial charge in [0.25, 0.3) is 0 Å². The molecule has 25 heavy (non-hydrogen) atoms. The van der Waals surface area contributed by atoms with Crippen LogP contribution in [-0.4, -0.2) is 25.5 Å². The molecule has 0 radical (unpaired) electrons. The van der Waals surface area contributed by atoms with Crippen molar-refractivity contribution in [3.05, 3.63) is 71.5 Å². The van der Waals surface area contributed by atoms with Crippen molar-refractivity contribution in [2.45, 2.75) is 0 Å². The second-order valence-electron chi connectivity index (χ2n) is 5.84. The molecule has 5 rings (SSSR count). The molecule has 120 valence electrons. The Morgan fingerprint density at radius 2 is 2.00 bits per heavy atom. The minimum atomic E-state index is -0.179. The molecule has 0 aromatic heterocycles. The fraction of sp³-hybridized carbons (Fsp3) is 0. The first-order valence-electron chi connectivity index (χ1n) is 7.74. The van der Waals surface area contributed by atoms with Crippen molar-refractivity contribution in [3.63, 3.8) is 0 Å². The Bertz CT molecular complexity index is 1230. The largest absolute Gasteiger partial charge is 0.288 e. The van der Waals surface area contributed by atoms with Gasteiger partial charge < -0.3 is 0 Å². The van der Waals surface area contributed by atoms with Crippen molar-refractivity contribution in [3.8, 4) is 16.8 Å². The molecule has 0 spiro atoms. The van der Waals surface area contributed by atoms with Gasteiger partial charge in [0.2, 0.25) is 0 Å². The number of allylic oxidation sites excluding steroid dienone is 4. The molecule has 3 aliphatic heterocycles. The summed E-state index contributed by atoms with van der Waals surface area (Å²) in [4.78, 5) is 20.4. The van der Waals surface area contributed by atoms with Gasteiger partial charge in [-0.05, 0) is 29.9 Å². The Kier molecular flexibility index (Phi) is 2.93. The highest BCUT2D eigenvalue weighted by molar-refractivity contribution is 6.45. The Balaban J connectivity index is 1.93. The maximum atomic E-state index is 11.6. The van der Waals surface area contributed by atoms with Crippen LogP contribution in [0.25, 0.3) is 33.4 Å². The van der Waals surface area contributed by atoms with Gasteiger partial charge in [-0.3, -0.25) is 19.6 Å². The van der Waals surface area contributed by atoms with Crippen LogP contribution in [0, 0.1) is 0 Å². The van der Waals surface area contributed by atoms with E-state index in [0.29, 0.717) is 0 Å². The van der Waals surface area contributed by atoms with Gasteiger partial charge in [0.05, 0.1) is 27.9 Å². The second-order valence-corrected chi connectivity index (χ2v) is 6.25. The summed E-state index contributed by atoms with van der Waals surface area (Å²) in [7, 11) is 0. The van der Waals surface area contributed by atoms with Gasteiger partial charge in [0.1, 0.15) is 6.33 Å². The van der Waals surface area contributed by atoms with E-state index in [0.717, 1.165) is 38.6 Å². The molecule has 6 heteroatoms. The molecule has 3 heterocycles. The average Bonchev–Trinajstić information content (AvgIpc) is 2.99. The zero-order valence-corrected chi connectivity index (χ0v) is 13.7. The molecule has 1 aromatic rings. The summed E-state index contributed by atoms with van der Waals surface area (Å²) in [6, 6.07) is 8.07. The number of rotatable bonds is 0. The summed E-state index contributed by atoms with van der Waals surface area (Å²) in [6.45, 7) is 0. The van der Waals surface area contributed by atoms with Crippen LogP contribution in [0.4, 0.5) is 0 Å². The lowest BCUT2D eigenvalue weighted by Crippen LogP contribution is -2.11. The van der Waals surface area contributed by atoms with E-state index in [1.165, 1.54) is 6.08 Å². The zero-order valence-electron chi connectivity index (χ0n) is 12.9. The molecule has 0 saturated heterocycles. The number of nitrogens with zero attached hydrogens (tertiary/aromatic N) is 3. The lowest BCUT2D eigenvalue weighted by atomic mass is 10.0. The second kappa shape index (κ2) is 5.16. The van der Waals surface area contributed by atoms with E-state index < -0.39 is 0 Å². The Morgan fingerprint density at radius 3 is 2.88 bits per heavy atom. The monoisotopic (exact) mass is 346 g/mol. The Morgan fingerprint density at radius 1 is 1.08 bits per heavy atom. The van der Waals surface area contributed by atoms with Crippen molar-refractivity contribution in [2.75, 3.05) is 0 Å². The zero-order chi connectivity index (χ0) is 17.0. The van der Waals surface area contributed by atoms with E-state index >= 15 is 0 Å². The van der Waals surface area contributed by atoms with Crippen molar-refractivity contribution < 1.29 is 4.79 Å². The number of carbonyl (C=O) groups excluding carboxylic acids is 1. The average molecular weight is 347 g/mol. The van der Waals surface area contributed by atoms with Crippen LogP contribution in [-0.2, 0) is 4.79 Å². The topological polar surface area (TPSA) is 63.6 Å². The van der Waals surface area contributed by atoms with Crippen LogP contribution in [0.3, 0.4) is 0 Å². The quantitative estimate of drug-likeness (QED) is 0.532. The minimum absolute atomic E-state index is 0.179. The summed E-state index contributed by atoms with van der Waals surface area (Å²) in [5.41, 5.74) is 5.78. The molecular weight excluding hydrogens is 336 g/mol. The lowest BCUT2D eigenvalue weighted by Gasteiger charge is -2.10. The summed E-state index contributed by atoms with van der Waals surface area (Å²) in [5.74, 6) is -0.179. The third-order valence-corrected chi connectivity index (χ3v) is 4.72. The van der Waals surface area contributed by atoms with Crippen LogP contribution in [0.5, 0.6) is 0 Å². The van der Waals surface area contributed by atoms with Crippen LogP contribution < -0.4 is 5.22 Å². The van der Waals surface area contributed by atoms with Gasteiger partial charge in [0, 0.05) is 22.5 Å². The smallest absolute Gasteiger partial charge is 0.197 e. The van der Waals surface area contributed by atoms with Crippen molar-refractivity contribution in [2.24, 2.45) is 0 Å². The Hall–Kier alpha value is -3.18. The predicted molar refractivity (Wildman–Crippen MR) is 96.5 cm³/mol. The number of ketones is 1. The molecule has 0 atom stereocenters. The van der Waals surface area contributed by atoms with Crippen LogP contribution in [0.1, 0.15) is 0 Å². The van der Waals surface area contributed by atoms with Gasteiger partial charge in [-0.15, -0.1) is 0 Å². The number of fused-ring (bicyclic) bond motifs is 2. The lowest BCUT2D eigenvalue weighted by molar-refractivity contribution is -0.110. The van der Waals surface area contributed by atoms with Crippen LogP contribution >= 0.6 is 11.6 Å². The molecule has 1 aliphatic carbocycles. The van der Waals surface area contributed by atoms with Crippen molar-refractivity contribution in [1.29, 1.82) is 0 Å². The number of carbonyl (C=O) groups is 1. The highest BCUT2D eigenvalue weighted by Gasteiger charge is 2.17. The molecule has 0 unspecified atom stereocenters. The summed E-state index contributed by atoms with van der Waals surface area (Å²) in [6.07, 6.45) is 10.3. The number of nitrogens with one attached hydrogen (secondary N) is 1. The van der Waals surface area contributed by atoms with Crippen LogP contribution in [0.2, 0.25) is 0 Å². The maximum absolute atomic E-state index is 11.6. The standard InChI is InChI=1S/C19H11ClN4O/c20-15-7-11(2-6-17(15)25)14-4-5-16-18-12(8-22-19(14)18)1-3-13-9-21-10-23-24(13)16/h1-10H,(H,21,23)/b14-11-. The maximum Gasteiger partial charge on any atom is 0.197 e. The number of aromatic amines is 1. The number of hydrogen-bond acceptors (Lipinski definition) is 3. The van der Waals surface area contributed by atoms with E-state index in [1.807, 2.05) is 35.1 Å². The van der Waals surface area contributed by atoms with E-state index in [4.69, 9.17) is 11.6 Å². The minimum Gasteiger partial charge on any atom is -0.288 e. The summed E-state index contributed by atoms with van der Waals surface area (Å²) < 4.78 is 1.97. The predicted octanol–water partition coefficient (Wildman–Crippen LogP) is 2.98. The molecule has 1 aromatic carbocycles. The van der Waals surface area contributed by atoms with Gasteiger partial charge in [-0.25, -0.2) is 4.98 Å². The molecule has 0 amide bonds. The molecule has 0 bridgehead atoms. The third kappa shape index (κ3) is 2.06. The van der Waals surface area contributed by atoms with E-state index in [9.17, 15) is 4.79 Å². The van der Waals surface area contributed by atoms with Gasteiger partial charge in [-0.2, -0.15) is 0 Å². The van der Waals surface area contributed by atoms with E-state index in [-0.39, 0.29) is 10.8 Å². The molecule has 4 aliphatic rings. The van der Waals surface area contributed by atoms with Crippen molar-refractivity contribution >= 4 is 34.0 Å². The first-order valence-corrected chi connectivity index (χ1v) is 8.12. The molecule has 5 nitrogen and oxygen atoms in total. The van der Waals surface area contributed by atoms with Crippen LogP contribution in [0.15, 0.2) is 66.2 Å². The SMILES string of the molecule is O=C1C=C/C(=c2\ccc3c4c2ncc-4ccc2cnc[nH]n3-2)C=C1Cl. The molecule has 0 fully saturated rings. The van der Waals surface area contributed by atoms with Gasteiger partial charge >= 0.3 is 0 Å². The number of hydrogen-bond donors (Lipinski definition) is 1. The number of aromatic nitrogens is 4. The fourth-order valence-electron chi connectivity index (χ4n) is 3.25. The number of benzene rings is 1. The first-order chi connectivity index (χ1) is 12.2. The fourth-order valence-corrected chi connectivity index (χ4v) is 3.43. The molecule has 1 N–H and O–H groups in total. The highest BCUT2D eigenvalue weighted by Crippen LogP contribution is 2.32. The summed E-state index contributed by atoms with van der Waals surface area (Å²) >= 11 is 6.02. The number of H-pyrrole nitrogens is 1. The van der Waals surface area contributed by atoms with Gasteiger partial charge in [0.15, 0.2) is 5.78 Å². The molecule has 0 saturated carbocycles. The number of halogens is 1. The molecular formula is C19H11ClN4O. The van der Waals surface area contributed by atoms with E-state index in [2.05, 4.69) is 15.1 Å².